The number of aryl methyl sites for hydroxylation is 1. The first kappa shape index (κ1) is 33.1. The number of sulfonamides is 1. The maximum absolute atomic E-state index is 14.4. The van der Waals surface area contributed by atoms with Gasteiger partial charge in [0.2, 0.25) is 11.8 Å². The summed E-state index contributed by atoms with van der Waals surface area (Å²) in [5, 5.41) is 3.39. The minimum atomic E-state index is -4.28. The fourth-order valence-electron chi connectivity index (χ4n) is 5.46. The standard InChI is InChI=1S/C33H40ClN3O6S/c1-5-29(33(39)35-26-10-6-7-11-26)36(21-24-9-8-12-27(19-24)42-3)32(38)22-37(30-20-25(34)15-18-31(30)43-4)44(40,41)28-16-13-23(2)14-17-28/h8-9,12-20,26,29H,5-7,10-11,21-22H2,1-4H3,(H,35,39)/t29-/m0/s1. The highest BCUT2D eigenvalue weighted by atomic mass is 35.5. The van der Waals surface area contributed by atoms with Crippen molar-refractivity contribution in [3.05, 3.63) is 82.9 Å². The molecule has 4 rings (SSSR count). The van der Waals surface area contributed by atoms with E-state index >= 15 is 0 Å². The molecular formula is C33H40ClN3O6S. The Balaban J connectivity index is 1.77. The number of amides is 2. The van der Waals surface area contributed by atoms with Crippen molar-refractivity contribution in [1.29, 1.82) is 0 Å². The van der Waals surface area contributed by atoms with Crippen molar-refractivity contribution in [2.24, 2.45) is 0 Å². The van der Waals surface area contributed by atoms with Crippen molar-refractivity contribution in [3.63, 3.8) is 0 Å². The minimum absolute atomic E-state index is 0.00305. The third-order valence-electron chi connectivity index (χ3n) is 7.87. The lowest BCUT2D eigenvalue weighted by atomic mass is 10.1. The molecule has 1 fully saturated rings. The Bertz CT molecular complexity index is 1560. The van der Waals surface area contributed by atoms with E-state index in [1.807, 2.05) is 19.9 Å². The average Bonchev–Trinajstić information content (AvgIpc) is 3.53. The van der Waals surface area contributed by atoms with Gasteiger partial charge in [-0.3, -0.25) is 13.9 Å². The van der Waals surface area contributed by atoms with Crippen LogP contribution in [0.1, 0.15) is 50.2 Å². The molecule has 0 aliphatic heterocycles. The molecule has 1 N–H and O–H groups in total. The molecule has 9 nitrogen and oxygen atoms in total. The van der Waals surface area contributed by atoms with Crippen LogP contribution in [0.5, 0.6) is 11.5 Å². The molecule has 3 aromatic rings. The quantitative estimate of drug-likeness (QED) is 0.256. The van der Waals surface area contributed by atoms with Crippen LogP contribution in [-0.2, 0) is 26.2 Å². The lowest BCUT2D eigenvalue weighted by Crippen LogP contribution is -2.53. The zero-order valence-electron chi connectivity index (χ0n) is 25.6. The molecule has 44 heavy (non-hydrogen) atoms. The third kappa shape index (κ3) is 7.84. The average molecular weight is 642 g/mol. The fraction of sp³-hybridized carbons (Fsp3) is 0.394. The lowest BCUT2D eigenvalue weighted by Gasteiger charge is -2.34. The van der Waals surface area contributed by atoms with Crippen molar-refractivity contribution in [2.75, 3.05) is 25.1 Å². The molecule has 1 aliphatic rings. The van der Waals surface area contributed by atoms with Gasteiger partial charge in [0.1, 0.15) is 24.1 Å². The summed E-state index contributed by atoms with van der Waals surface area (Å²) >= 11 is 6.33. The monoisotopic (exact) mass is 641 g/mol. The summed E-state index contributed by atoms with van der Waals surface area (Å²) in [7, 11) is -1.31. The molecule has 0 radical (unpaired) electrons. The first-order valence-electron chi connectivity index (χ1n) is 14.7. The number of halogens is 1. The van der Waals surface area contributed by atoms with E-state index in [0.29, 0.717) is 12.2 Å². The second kappa shape index (κ2) is 14.8. The van der Waals surface area contributed by atoms with Crippen molar-refractivity contribution in [1.82, 2.24) is 10.2 Å². The van der Waals surface area contributed by atoms with Crippen LogP contribution in [0.15, 0.2) is 71.6 Å². The van der Waals surface area contributed by atoms with E-state index in [1.165, 1.54) is 30.2 Å². The van der Waals surface area contributed by atoms with Gasteiger partial charge in [0, 0.05) is 17.6 Å². The smallest absolute Gasteiger partial charge is 0.264 e. The van der Waals surface area contributed by atoms with Gasteiger partial charge in [-0.25, -0.2) is 8.42 Å². The summed E-state index contributed by atoms with van der Waals surface area (Å²) < 4.78 is 40.3. The number of nitrogens with zero attached hydrogens (tertiary/aromatic N) is 2. The molecule has 0 spiro atoms. The summed E-state index contributed by atoms with van der Waals surface area (Å²) in [5.41, 5.74) is 1.73. The predicted molar refractivity (Wildman–Crippen MR) is 172 cm³/mol. The van der Waals surface area contributed by atoms with Gasteiger partial charge in [0.15, 0.2) is 0 Å². The van der Waals surface area contributed by atoms with Crippen molar-refractivity contribution in [3.8, 4) is 11.5 Å². The maximum Gasteiger partial charge on any atom is 0.264 e. The molecule has 0 bridgehead atoms. The number of carbonyl (C=O) groups excluding carboxylic acids is 2. The Morgan fingerprint density at radius 1 is 1.00 bits per heavy atom. The zero-order valence-corrected chi connectivity index (χ0v) is 27.2. The normalized spacial score (nSPS) is 14.1. The Morgan fingerprint density at radius 3 is 2.34 bits per heavy atom. The number of ether oxygens (including phenoxy) is 2. The molecule has 1 aliphatic carbocycles. The second-order valence-corrected chi connectivity index (χ2v) is 13.2. The Kier molecular flexibility index (Phi) is 11.2. The van der Waals surface area contributed by atoms with Gasteiger partial charge >= 0.3 is 0 Å². The van der Waals surface area contributed by atoms with Gasteiger partial charge in [0.25, 0.3) is 10.0 Å². The van der Waals surface area contributed by atoms with E-state index in [9.17, 15) is 18.0 Å². The highest BCUT2D eigenvalue weighted by Gasteiger charge is 2.35. The fourth-order valence-corrected chi connectivity index (χ4v) is 7.05. The number of rotatable bonds is 13. The molecule has 0 heterocycles. The number of methoxy groups -OCH3 is 2. The zero-order chi connectivity index (χ0) is 31.9. The van der Waals surface area contributed by atoms with Gasteiger partial charge in [0.05, 0.1) is 24.8 Å². The van der Waals surface area contributed by atoms with Crippen LogP contribution >= 0.6 is 11.6 Å². The highest BCUT2D eigenvalue weighted by Crippen LogP contribution is 2.35. The number of anilines is 1. The molecule has 0 aromatic heterocycles. The number of benzene rings is 3. The van der Waals surface area contributed by atoms with Gasteiger partial charge in [-0.05, 0) is 74.2 Å². The molecule has 1 saturated carbocycles. The number of hydrogen-bond donors (Lipinski definition) is 1. The van der Waals surface area contributed by atoms with E-state index in [2.05, 4.69) is 5.32 Å². The Morgan fingerprint density at radius 2 is 1.70 bits per heavy atom. The summed E-state index contributed by atoms with van der Waals surface area (Å²) in [4.78, 5) is 29.5. The van der Waals surface area contributed by atoms with Gasteiger partial charge < -0.3 is 19.7 Å². The first-order valence-corrected chi connectivity index (χ1v) is 16.5. The second-order valence-electron chi connectivity index (χ2n) is 10.9. The van der Waals surface area contributed by atoms with Gasteiger partial charge in [-0.2, -0.15) is 0 Å². The molecular weight excluding hydrogens is 602 g/mol. The third-order valence-corrected chi connectivity index (χ3v) is 9.88. The van der Waals surface area contributed by atoms with Crippen LogP contribution in [0.2, 0.25) is 5.02 Å². The van der Waals surface area contributed by atoms with Gasteiger partial charge in [-0.1, -0.05) is 61.2 Å². The van der Waals surface area contributed by atoms with Crippen LogP contribution in [0.25, 0.3) is 0 Å². The SMILES string of the molecule is CC[C@@H](C(=O)NC1CCCC1)N(Cc1cccc(OC)c1)C(=O)CN(c1cc(Cl)ccc1OC)S(=O)(=O)c1ccc(C)cc1. The van der Waals surface area contributed by atoms with E-state index in [1.54, 1.807) is 49.6 Å². The van der Waals surface area contributed by atoms with E-state index in [0.717, 1.165) is 41.1 Å². The summed E-state index contributed by atoms with van der Waals surface area (Å²) in [6, 6.07) is 17.4. The van der Waals surface area contributed by atoms with Crippen molar-refractivity contribution in [2.45, 2.75) is 69.5 Å². The maximum atomic E-state index is 14.4. The Hall–Kier alpha value is -3.76. The van der Waals surface area contributed by atoms with E-state index in [4.69, 9.17) is 21.1 Å². The van der Waals surface area contributed by atoms with Crippen LogP contribution in [0.3, 0.4) is 0 Å². The molecule has 3 aromatic carbocycles. The molecule has 1 atom stereocenters. The van der Waals surface area contributed by atoms with E-state index in [-0.39, 0.29) is 39.8 Å². The molecule has 2 amide bonds. The predicted octanol–water partition coefficient (Wildman–Crippen LogP) is 5.73. The summed E-state index contributed by atoms with van der Waals surface area (Å²) in [5.74, 6) is 0.0109. The van der Waals surface area contributed by atoms with Crippen molar-refractivity contribution < 1.29 is 27.5 Å². The number of nitrogens with one attached hydrogen (secondary N) is 1. The van der Waals surface area contributed by atoms with Crippen LogP contribution in [0.4, 0.5) is 5.69 Å². The van der Waals surface area contributed by atoms with Crippen LogP contribution in [-0.4, -0.2) is 58.0 Å². The van der Waals surface area contributed by atoms with Crippen molar-refractivity contribution >= 4 is 39.1 Å². The van der Waals surface area contributed by atoms with Crippen LogP contribution in [0, 0.1) is 6.92 Å². The van der Waals surface area contributed by atoms with E-state index < -0.39 is 28.5 Å². The topological polar surface area (TPSA) is 105 Å². The number of hydrogen-bond acceptors (Lipinski definition) is 6. The Labute approximate surface area is 265 Å². The minimum Gasteiger partial charge on any atom is -0.497 e. The van der Waals surface area contributed by atoms with Gasteiger partial charge in [-0.15, -0.1) is 0 Å². The highest BCUT2D eigenvalue weighted by molar-refractivity contribution is 7.92. The molecule has 0 unspecified atom stereocenters. The largest absolute Gasteiger partial charge is 0.497 e. The number of carbonyl (C=O) groups is 2. The molecule has 236 valence electrons. The van der Waals surface area contributed by atoms with Crippen LogP contribution < -0.4 is 19.1 Å². The molecule has 11 heteroatoms. The molecule has 0 saturated heterocycles. The summed E-state index contributed by atoms with van der Waals surface area (Å²) in [6.07, 6.45) is 4.20. The first-order chi connectivity index (χ1) is 21.1. The summed E-state index contributed by atoms with van der Waals surface area (Å²) in [6.45, 7) is 3.17. The lowest BCUT2D eigenvalue weighted by molar-refractivity contribution is -0.140.